The van der Waals surface area contributed by atoms with E-state index in [9.17, 15) is 10.1 Å². The standard InChI is InChI=1S/C24H19Br2N3O2/c1-14(30)29-12-17(10-15-2-6-18(25)7-3-15)23-21(13-29)22(20(11-27)24(28)31-23)16-4-8-19(26)9-5-16/h2-10,22H,12-13,28H2,1H3/b17-10+. The van der Waals surface area contributed by atoms with Gasteiger partial charge in [-0.1, -0.05) is 56.1 Å². The van der Waals surface area contributed by atoms with E-state index in [-0.39, 0.29) is 17.7 Å². The summed E-state index contributed by atoms with van der Waals surface area (Å²) in [4.78, 5) is 14.1. The fourth-order valence-electron chi connectivity index (χ4n) is 3.89. The third-order valence-electron chi connectivity index (χ3n) is 5.40. The summed E-state index contributed by atoms with van der Waals surface area (Å²) in [5.41, 5.74) is 10.2. The molecule has 1 amide bonds. The van der Waals surface area contributed by atoms with Crippen molar-refractivity contribution in [2.45, 2.75) is 12.8 Å². The number of nitrogens with two attached hydrogens (primary N) is 1. The van der Waals surface area contributed by atoms with Crippen molar-refractivity contribution in [1.29, 1.82) is 5.26 Å². The van der Waals surface area contributed by atoms with Crippen LogP contribution in [0.3, 0.4) is 0 Å². The van der Waals surface area contributed by atoms with Crippen LogP contribution in [0.2, 0.25) is 0 Å². The van der Waals surface area contributed by atoms with E-state index in [0.29, 0.717) is 24.4 Å². The van der Waals surface area contributed by atoms with Crippen molar-refractivity contribution >= 4 is 43.8 Å². The minimum Gasteiger partial charge on any atom is -0.440 e. The van der Waals surface area contributed by atoms with Gasteiger partial charge in [0.25, 0.3) is 0 Å². The van der Waals surface area contributed by atoms with E-state index in [1.807, 2.05) is 54.6 Å². The smallest absolute Gasteiger partial charge is 0.220 e. The Morgan fingerprint density at radius 3 is 2.32 bits per heavy atom. The zero-order chi connectivity index (χ0) is 22.1. The van der Waals surface area contributed by atoms with Gasteiger partial charge in [-0.15, -0.1) is 0 Å². The largest absolute Gasteiger partial charge is 0.440 e. The van der Waals surface area contributed by atoms with Gasteiger partial charge in [-0.3, -0.25) is 4.79 Å². The van der Waals surface area contributed by atoms with Crippen LogP contribution >= 0.6 is 31.9 Å². The van der Waals surface area contributed by atoms with Crippen LogP contribution in [0.15, 0.2) is 85.8 Å². The van der Waals surface area contributed by atoms with Gasteiger partial charge in [0.15, 0.2) is 0 Å². The second kappa shape index (κ2) is 8.74. The minimum absolute atomic E-state index is 0.0381. The normalized spacial score (nSPS) is 19.7. The molecule has 4 rings (SSSR count). The molecular formula is C24H19Br2N3O2. The third kappa shape index (κ3) is 4.32. The number of nitrogens with zero attached hydrogens (tertiary/aromatic N) is 2. The van der Waals surface area contributed by atoms with E-state index in [0.717, 1.165) is 31.2 Å². The van der Waals surface area contributed by atoms with Gasteiger partial charge < -0.3 is 15.4 Å². The van der Waals surface area contributed by atoms with Crippen LogP contribution in [0.25, 0.3) is 6.08 Å². The van der Waals surface area contributed by atoms with E-state index < -0.39 is 0 Å². The Labute approximate surface area is 197 Å². The first kappa shape index (κ1) is 21.4. The summed E-state index contributed by atoms with van der Waals surface area (Å²) in [6.45, 7) is 2.34. The summed E-state index contributed by atoms with van der Waals surface area (Å²) in [6.07, 6.45) is 2.00. The van der Waals surface area contributed by atoms with E-state index in [1.165, 1.54) is 0 Å². The van der Waals surface area contributed by atoms with Gasteiger partial charge in [-0.05, 0) is 41.5 Å². The van der Waals surface area contributed by atoms with E-state index in [1.54, 1.807) is 11.8 Å². The van der Waals surface area contributed by atoms with Gasteiger partial charge >= 0.3 is 0 Å². The molecule has 5 nitrogen and oxygen atoms in total. The van der Waals surface area contributed by atoms with E-state index in [4.69, 9.17) is 10.5 Å². The summed E-state index contributed by atoms with van der Waals surface area (Å²) in [7, 11) is 0. The molecule has 156 valence electrons. The van der Waals surface area contributed by atoms with E-state index in [2.05, 4.69) is 37.9 Å². The fourth-order valence-corrected chi connectivity index (χ4v) is 4.42. The van der Waals surface area contributed by atoms with Gasteiger partial charge in [0.05, 0.1) is 5.92 Å². The monoisotopic (exact) mass is 539 g/mol. The second-order valence-electron chi connectivity index (χ2n) is 7.43. The highest BCUT2D eigenvalue weighted by atomic mass is 79.9. The molecule has 2 aromatic rings. The van der Waals surface area contributed by atoms with Crippen molar-refractivity contribution in [3.05, 3.63) is 97.0 Å². The topological polar surface area (TPSA) is 79.3 Å². The number of allylic oxidation sites excluding steroid dienone is 1. The highest BCUT2D eigenvalue weighted by Crippen LogP contribution is 2.44. The van der Waals surface area contributed by atoms with Crippen LogP contribution in [0.1, 0.15) is 24.0 Å². The summed E-state index contributed by atoms with van der Waals surface area (Å²) in [5.74, 6) is 0.332. The number of hydrogen-bond acceptors (Lipinski definition) is 4. The lowest BCUT2D eigenvalue weighted by molar-refractivity contribution is -0.128. The first-order valence-electron chi connectivity index (χ1n) is 9.65. The molecule has 0 spiro atoms. The highest BCUT2D eigenvalue weighted by molar-refractivity contribution is 9.10. The summed E-state index contributed by atoms with van der Waals surface area (Å²) in [5, 5.41) is 9.84. The van der Waals surface area contributed by atoms with Gasteiger partial charge in [0, 0.05) is 40.1 Å². The first-order chi connectivity index (χ1) is 14.9. The second-order valence-corrected chi connectivity index (χ2v) is 9.26. The zero-order valence-corrected chi connectivity index (χ0v) is 19.9. The molecular weight excluding hydrogens is 522 g/mol. The number of carbonyl (C=O) groups excluding carboxylic acids is 1. The van der Waals surface area contributed by atoms with Crippen molar-refractivity contribution in [1.82, 2.24) is 4.90 Å². The maximum Gasteiger partial charge on any atom is 0.220 e. The number of amides is 1. The number of halogens is 2. The van der Waals surface area contributed by atoms with Crippen LogP contribution in [0.4, 0.5) is 0 Å². The molecule has 7 heteroatoms. The van der Waals surface area contributed by atoms with Crippen molar-refractivity contribution in [2.75, 3.05) is 13.1 Å². The molecule has 0 aromatic heterocycles. The Kier molecular flexibility index (Phi) is 6.03. The predicted octanol–water partition coefficient (Wildman–Crippen LogP) is 5.22. The average molecular weight is 541 g/mol. The molecule has 0 aliphatic carbocycles. The highest BCUT2D eigenvalue weighted by Gasteiger charge is 2.38. The third-order valence-corrected chi connectivity index (χ3v) is 6.46. The molecule has 1 atom stereocenters. The molecule has 2 aromatic carbocycles. The van der Waals surface area contributed by atoms with Crippen molar-refractivity contribution in [3.63, 3.8) is 0 Å². The Morgan fingerprint density at radius 2 is 1.74 bits per heavy atom. The first-order valence-corrected chi connectivity index (χ1v) is 11.2. The van der Waals surface area contributed by atoms with Crippen molar-refractivity contribution < 1.29 is 9.53 Å². The minimum atomic E-state index is -0.377. The molecule has 2 N–H and O–H groups in total. The number of carbonyl (C=O) groups is 1. The molecule has 31 heavy (non-hydrogen) atoms. The van der Waals surface area contributed by atoms with Gasteiger partial charge in [-0.2, -0.15) is 5.26 Å². The molecule has 0 radical (unpaired) electrons. The summed E-state index contributed by atoms with van der Waals surface area (Å²) in [6, 6.07) is 17.9. The Balaban J connectivity index is 1.88. The lowest BCUT2D eigenvalue weighted by Crippen LogP contribution is -2.40. The molecule has 0 saturated carbocycles. The van der Waals surface area contributed by atoms with Crippen molar-refractivity contribution in [3.8, 4) is 6.07 Å². The van der Waals surface area contributed by atoms with Crippen LogP contribution < -0.4 is 5.73 Å². The molecule has 2 aliphatic heterocycles. The SMILES string of the molecule is CC(=O)N1CC2=C(OC(N)=C(C#N)C2c2ccc(Br)cc2)/C(=C/c2ccc(Br)cc2)C1. The lowest BCUT2D eigenvalue weighted by atomic mass is 9.80. The summed E-state index contributed by atoms with van der Waals surface area (Å²) < 4.78 is 7.92. The average Bonchev–Trinajstić information content (AvgIpc) is 2.75. The predicted molar refractivity (Wildman–Crippen MR) is 126 cm³/mol. The molecule has 0 saturated heterocycles. The Bertz CT molecular complexity index is 1170. The molecule has 0 fully saturated rings. The van der Waals surface area contributed by atoms with Crippen LogP contribution in [-0.4, -0.2) is 23.9 Å². The van der Waals surface area contributed by atoms with Crippen LogP contribution in [0.5, 0.6) is 0 Å². The van der Waals surface area contributed by atoms with Gasteiger partial charge in [0.2, 0.25) is 11.8 Å². The van der Waals surface area contributed by atoms with Gasteiger partial charge in [-0.25, -0.2) is 0 Å². The number of benzene rings is 2. The quantitative estimate of drug-likeness (QED) is 0.566. The maximum atomic E-state index is 12.3. The van der Waals surface area contributed by atoms with Crippen LogP contribution in [-0.2, 0) is 9.53 Å². The van der Waals surface area contributed by atoms with Crippen LogP contribution in [0, 0.1) is 11.3 Å². The van der Waals surface area contributed by atoms with E-state index >= 15 is 0 Å². The maximum absolute atomic E-state index is 12.3. The van der Waals surface area contributed by atoms with Crippen molar-refractivity contribution in [2.24, 2.45) is 5.73 Å². The number of hydrogen-bond donors (Lipinski definition) is 1. The molecule has 2 heterocycles. The number of rotatable bonds is 2. The molecule has 1 unspecified atom stereocenters. The summed E-state index contributed by atoms with van der Waals surface area (Å²) >= 11 is 6.91. The number of ether oxygens (including phenoxy) is 1. The molecule has 2 aliphatic rings. The molecule has 0 bridgehead atoms. The fraction of sp³-hybridized carbons (Fsp3) is 0.167. The van der Waals surface area contributed by atoms with Gasteiger partial charge in [0.1, 0.15) is 17.4 Å². The zero-order valence-electron chi connectivity index (χ0n) is 16.7. The number of nitriles is 1. The Morgan fingerprint density at radius 1 is 1.13 bits per heavy atom. The Hall–Kier alpha value is -2.82. The lowest BCUT2D eigenvalue weighted by Gasteiger charge is -2.38.